The highest BCUT2D eigenvalue weighted by atomic mass is 16.6. The summed E-state index contributed by atoms with van der Waals surface area (Å²) < 4.78 is 1.09. The monoisotopic (exact) mass is 359 g/mol. The SMILES string of the molecule is Nc1ccc([N+](=O)O)c(-n2nc(-c3ccccc3)c3ccccc3c2=O)c1. The van der Waals surface area contributed by atoms with Gasteiger partial charge in [0.05, 0.1) is 16.0 Å². The van der Waals surface area contributed by atoms with E-state index in [0.717, 1.165) is 10.2 Å². The second kappa shape index (κ2) is 6.38. The molecule has 4 aromatic rings. The number of nitrogen functional groups attached to an aromatic ring is 1. The van der Waals surface area contributed by atoms with Crippen LogP contribution in [0, 0.1) is 4.91 Å². The summed E-state index contributed by atoms with van der Waals surface area (Å²) in [6.45, 7) is 0. The number of rotatable bonds is 3. The first kappa shape index (κ1) is 16.5. The van der Waals surface area contributed by atoms with E-state index in [9.17, 15) is 14.9 Å². The number of hydrogen-bond acceptors (Lipinski definition) is 4. The van der Waals surface area contributed by atoms with Crippen LogP contribution in [0.2, 0.25) is 0 Å². The summed E-state index contributed by atoms with van der Waals surface area (Å²) in [4.78, 5) is 24.3. The Morgan fingerprint density at radius 2 is 1.59 bits per heavy atom. The van der Waals surface area contributed by atoms with E-state index >= 15 is 0 Å². The molecule has 3 aromatic carbocycles. The first-order chi connectivity index (χ1) is 13.1. The van der Waals surface area contributed by atoms with Crippen molar-refractivity contribution in [2.75, 3.05) is 5.73 Å². The molecule has 0 saturated carbocycles. The van der Waals surface area contributed by atoms with Crippen molar-refractivity contribution in [1.29, 1.82) is 0 Å². The van der Waals surface area contributed by atoms with Crippen LogP contribution in [0.25, 0.3) is 27.7 Å². The fraction of sp³-hybridized carbons (Fsp3) is 0. The number of hydrogen-bond donors (Lipinski definition) is 2. The molecule has 3 N–H and O–H groups in total. The smallest absolute Gasteiger partial charge is 0.342 e. The summed E-state index contributed by atoms with van der Waals surface area (Å²) in [5.74, 6) is 0. The summed E-state index contributed by atoms with van der Waals surface area (Å²) >= 11 is 0. The molecule has 27 heavy (non-hydrogen) atoms. The lowest BCUT2D eigenvalue weighted by Crippen LogP contribution is -2.23. The van der Waals surface area contributed by atoms with Gasteiger partial charge < -0.3 is 5.73 Å². The Balaban J connectivity index is 2.13. The number of nitrogens with two attached hydrogens (primary N) is 1. The Kier molecular flexibility index (Phi) is 3.89. The Morgan fingerprint density at radius 1 is 0.926 bits per heavy atom. The average Bonchev–Trinajstić information content (AvgIpc) is 2.69. The highest BCUT2D eigenvalue weighted by Crippen LogP contribution is 2.28. The van der Waals surface area contributed by atoms with E-state index in [4.69, 9.17) is 5.73 Å². The van der Waals surface area contributed by atoms with Gasteiger partial charge in [-0.25, -0.2) is 5.21 Å². The number of benzene rings is 3. The molecule has 0 saturated heterocycles. The summed E-state index contributed by atoms with van der Waals surface area (Å²) in [6, 6.07) is 20.7. The van der Waals surface area contributed by atoms with Gasteiger partial charge in [-0.1, -0.05) is 48.5 Å². The third-order valence-corrected chi connectivity index (χ3v) is 4.29. The Labute approximate surface area is 153 Å². The lowest BCUT2D eigenvalue weighted by atomic mass is 10.1. The predicted octanol–water partition coefficient (Wildman–Crippen LogP) is 3.43. The van der Waals surface area contributed by atoms with Crippen molar-refractivity contribution in [2.45, 2.75) is 0 Å². The summed E-state index contributed by atoms with van der Waals surface area (Å²) in [7, 11) is 0. The van der Waals surface area contributed by atoms with Crippen molar-refractivity contribution in [3.63, 3.8) is 0 Å². The molecule has 0 radical (unpaired) electrons. The topological polar surface area (TPSA) is 101 Å². The largest absolute Gasteiger partial charge is 0.399 e. The van der Waals surface area contributed by atoms with Gasteiger partial charge in [-0.2, -0.15) is 9.78 Å². The van der Waals surface area contributed by atoms with Crippen molar-refractivity contribution < 1.29 is 10.1 Å². The molecule has 0 atom stereocenters. The normalized spacial score (nSPS) is 10.8. The van der Waals surface area contributed by atoms with Crippen molar-refractivity contribution >= 4 is 22.1 Å². The lowest BCUT2D eigenvalue weighted by Gasteiger charge is -2.11. The zero-order chi connectivity index (χ0) is 19.0. The number of nitrogens with zero attached hydrogens (tertiary/aromatic N) is 3. The molecule has 0 unspecified atom stereocenters. The number of anilines is 1. The van der Waals surface area contributed by atoms with Crippen LogP contribution < -0.4 is 11.3 Å². The van der Waals surface area contributed by atoms with E-state index in [1.165, 1.54) is 18.2 Å². The number of fused-ring (bicyclic) bond motifs is 1. The van der Waals surface area contributed by atoms with Crippen molar-refractivity contribution in [3.8, 4) is 16.9 Å². The fourth-order valence-electron chi connectivity index (χ4n) is 3.03. The minimum atomic E-state index is -0.418. The Hall–Kier alpha value is -4.00. The molecule has 7 nitrogen and oxygen atoms in total. The Bertz CT molecular complexity index is 1230. The third-order valence-electron chi connectivity index (χ3n) is 4.29. The standard InChI is InChI=1S/C20H15N4O3/c21-14-10-11-17(24(26)27)18(12-14)23-20(25)16-9-5-4-8-15(16)19(22-23)13-6-2-1-3-7-13/h1-12H,21H2,(H,26,27)/q+1. The quantitative estimate of drug-likeness (QED) is 0.431. The average molecular weight is 359 g/mol. The van der Waals surface area contributed by atoms with Gasteiger partial charge in [0.25, 0.3) is 10.5 Å². The molecular formula is C20H15N4O3+. The lowest BCUT2D eigenvalue weighted by molar-refractivity contribution is -0.729. The van der Waals surface area contributed by atoms with Gasteiger partial charge in [-0.3, -0.25) is 4.79 Å². The van der Waals surface area contributed by atoms with E-state index in [0.29, 0.717) is 22.2 Å². The molecule has 1 aromatic heterocycles. The molecule has 7 heteroatoms. The first-order valence-corrected chi connectivity index (χ1v) is 8.20. The van der Waals surface area contributed by atoms with Crippen LogP contribution in [-0.4, -0.2) is 19.9 Å². The van der Waals surface area contributed by atoms with E-state index in [1.54, 1.807) is 12.1 Å². The fourth-order valence-corrected chi connectivity index (χ4v) is 3.03. The zero-order valence-electron chi connectivity index (χ0n) is 14.1. The maximum absolute atomic E-state index is 13.1. The van der Waals surface area contributed by atoms with Crippen LogP contribution in [0.5, 0.6) is 0 Å². The second-order valence-corrected chi connectivity index (χ2v) is 6.00. The number of aromatic nitrogens is 2. The van der Waals surface area contributed by atoms with Gasteiger partial charge in [0.2, 0.25) is 0 Å². The van der Waals surface area contributed by atoms with E-state index < -0.39 is 5.56 Å². The molecule has 1 heterocycles. The summed E-state index contributed by atoms with van der Waals surface area (Å²) in [5, 5.41) is 15.1. The minimum absolute atomic E-state index is 0.0976. The first-order valence-electron chi connectivity index (χ1n) is 8.20. The van der Waals surface area contributed by atoms with Crippen molar-refractivity contribution in [3.05, 3.63) is 88.1 Å². The minimum Gasteiger partial charge on any atom is -0.399 e. The second-order valence-electron chi connectivity index (χ2n) is 6.00. The van der Waals surface area contributed by atoms with E-state index in [2.05, 4.69) is 5.10 Å². The van der Waals surface area contributed by atoms with Gasteiger partial charge in [0.1, 0.15) is 0 Å². The molecule has 132 valence electrons. The van der Waals surface area contributed by atoms with Gasteiger partial charge in [0, 0.05) is 22.7 Å². The van der Waals surface area contributed by atoms with Crippen LogP contribution in [-0.2, 0) is 0 Å². The summed E-state index contributed by atoms with van der Waals surface area (Å²) in [5.41, 5.74) is 7.11. The van der Waals surface area contributed by atoms with Gasteiger partial charge >= 0.3 is 5.69 Å². The van der Waals surface area contributed by atoms with Gasteiger partial charge in [-0.15, -0.1) is 0 Å². The van der Waals surface area contributed by atoms with Crippen LogP contribution in [0.3, 0.4) is 0 Å². The highest BCUT2D eigenvalue weighted by molar-refractivity contribution is 5.94. The van der Waals surface area contributed by atoms with Gasteiger partial charge in [-0.05, 0) is 18.2 Å². The maximum atomic E-state index is 13.1. The Morgan fingerprint density at radius 3 is 2.30 bits per heavy atom. The predicted molar refractivity (Wildman–Crippen MR) is 102 cm³/mol. The van der Waals surface area contributed by atoms with Crippen LogP contribution in [0.4, 0.5) is 11.4 Å². The molecule has 0 aliphatic heterocycles. The molecule has 0 spiro atoms. The van der Waals surface area contributed by atoms with Crippen molar-refractivity contribution in [2.24, 2.45) is 0 Å². The maximum Gasteiger partial charge on any atom is 0.342 e. The van der Waals surface area contributed by atoms with Crippen molar-refractivity contribution in [1.82, 2.24) is 9.78 Å². The van der Waals surface area contributed by atoms with Crippen LogP contribution >= 0.6 is 0 Å². The van der Waals surface area contributed by atoms with E-state index in [-0.39, 0.29) is 16.3 Å². The van der Waals surface area contributed by atoms with Gasteiger partial charge in [0.15, 0.2) is 5.69 Å². The molecule has 0 bridgehead atoms. The molecular weight excluding hydrogens is 344 g/mol. The molecule has 0 aliphatic carbocycles. The van der Waals surface area contributed by atoms with Crippen LogP contribution in [0.1, 0.15) is 0 Å². The molecule has 0 amide bonds. The zero-order valence-corrected chi connectivity index (χ0v) is 14.1. The molecule has 4 rings (SSSR count). The summed E-state index contributed by atoms with van der Waals surface area (Å²) in [6.07, 6.45) is 0. The van der Waals surface area contributed by atoms with E-state index in [1.807, 2.05) is 42.5 Å². The molecule has 0 aliphatic rings. The van der Waals surface area contributed by atoms with Crippen LogP contribution in [0.15, 0.2) is 77.6 Å². The molecule has 0 fully saturated rings. The highest BCUT2D eigenvalue weighted by Gasteiger charge is 2.23. The third kappa shape index (κ3) is 2.81.